The van der Waals surface area contributed by atoms with Gasteiger partial charge in [-0.2, -0.15) is 0 Å². The monoisotopic (exact) mass is 206 g/mol. The van der Waals surface area contributed by atoms with Crippen molar-refractivity contribution in [2.75, 3.05) is 19.8 Å². The molecule has 0 aliphatic rings. The lowest BCUT2D eigenvalue weighted by atomic mass is 10.2. The first-order valence-electron chi connectivity index (χ1n) is 4.47. The molecule has 0 saturated heterocycles. The Labute approximate surface area is 83.0 Å². The summed E-state index contributed by atoms with van der Waals surface area (Å²) in [6.07, 6.45) is -0.384. The number of hydrogen-bond donors (Lipinski definition) is 4. The molecule has 0 aliphatic carbocycles. The molecular weight excluding hydrogens is 188 g/mol. The molecule has 0 heterocycles. The molecule has 2 atom stereocenters. The van der Waals surface area contributed by atoms with E-state index in [0.29, 0.717) is 6.42 Å². The zero-order valence-electron chi connectivity index (χ0n) is 8.27. The highest BCUT2D eigenvalue weighted by molar-refractivity contribution is 5.73. The maximum atomic E-state index is 10.8. The SMILES string of the molecule is CC(=O)N[C@H](CCO)[C@H](N)OCCO. The summed E-state index contributed by atoms with van der Waals surface area (Å²) in [5, 5.41) is 19.8. The first kappa shape index (κ1) is 13.3. The van der Waals surface area contributed by atoms with Crippen molar-refractivity contribution in [1.29, 1.82) is 0 Å². The maximum Gasteiger partial charge on any atom is 0.217 e. The fourth-order valence-corrected chi connectivity index (χ4v) is 1.02. The average molecular weight is 206 g/mol. The van der Waals surface area contributed by atoms with E-state index in [1.807, 2.05) is 0 Å². The zero-order valence-corrected chi connectivity index (χ0v) is 8.27. The van der Waals surface area contributed by atoms with E-state index in [4.69, 9.17) is 20.7 Å². The molecule has 0 aromatic heterocycles. The minimum absolute atomic E-state index is 0.0822. The Balaban J connectivity index is 3.96. The van der Waals surface area contributed by atoms with Crippen molar-refractivity contribution in [3.05, 3.63) is 0 Å². The molecule has 0 radical (unpaired) electrons. The van der Waals surface area contributed by atoms with Crippen LogP contribution in [0.1, 0.15) is 13.3 Å². The summed E-state index contributed by atoms with van der Waals surface area (Å²) in [6.45, 7) is 1.27. The van der Waals surface area contributed by atoms with Crippen molar-refractivity contribution in [1.82, 2.24) is 5.32 Å². The molecule has 0 unspecified atom stereocenters. The third-order valence-corrected chi connectivity index (χ3v) is 1.63. The van der Waals surface area contributed by atoms with Gasteiger partial charge in [0.2, 0.25) is 5.91 Å². The van der Waals surface area contributed by atoms with E-state index in [2.05, 4.69) is 5.32 Å². The van der Waals surface area contributed by atoms with Crippen LogP contribution in [-0.2, 0) is 9.53 Å². The lowest BCUT2D eigenvalue weighted by Gasteiger charge is -2.23. The number of nitrogens with two attached hydrogens (primary N) is 1. The number of ether oxygens (including phenoxy) is 1. The Morgan fingerprint density at radius 1 is 1.50 bits per heavy atom. The Morgan fingerprint density at radius 2 is 2.14 bits per heavy atom. The van der Waals surface area contributed by atoms with Crippen LogP contribution in [0.15, 0.2) is 0 Å². The molecule has 0 saturated carbocycles. The molecule has 0 bridgehead atoms. The Kier molecular flexibility index (Phi) is 7.31. The zero-order chi connectivity index (χ0) is 11.0. The van der Waals surface area contributed by atoms with E-state index in [-0.39, 0.29) is 25.7 Å². The normalized spacial score (nSPS) is 14.9. The van der Waals surface area contributed by atoms with Crippen LogP contribution in [0.4, 0.5) is 0 Å². The Hall–Kier alpha value is -0.690. The fraction of sp³-hybridized carbons (Fsp3) is 0.875. The highest BCUT2D eigenvalue weighted by Gasteiger charge is 2.18. The third-order valence-electron chi connectivity index (χ3n) is 1.63. The Morgan fingerprint density at radius 3 is 2.57 bits per heavy atom. The van der Waals surface area contributed by atoms with Gasteiger partial charge in [0.05, 0.1) is 19.3 Å². The van der Waals surface area contributed by atoms with Crippen molar-refractivity contribution in [3.8, 4) is 0 Å². The molecule has 0 aliphatic heterocycles. The van der Waals surface area contributed by atoms with E-state index in [9.17, 15) is 4.79 Å². The van der Waals surface area contributed by atoms with Crippen molar-refractivity contribution in [3.63, 3.8) is 0 Å². The topological polar surface area (TPSA) is 105 Å². The molecule has 0 rings (SSSR count). The molecule has 1 amide bonds. The number of carbonyl (C=O) groups excluding carboxylic acids is 1. The first-order chi connectivity index (χ1) is 6.61. The summed E-state index contributed by atoms with van der Waals surface area (Å²) < 4.78 is 5.01. The number of aliphatic hydroxyl groups excluding tert-OH is 2. The van der Waals surface area contributed by atoms with E-state index in [1.54, 1.807) is 0 Å². The number of rotatable bonds is 7. The van der Waals surface area contributed by atoms with Crippen LogP contribution >= 0.6 is 0 Å². The number of amides is 1. The van der Waals surface area contributed by atoms with Gasteiger partial charge in [-0.1, -0.05) is 0 Å². The molecule has 84 valence electrons. The van der Waals surface area contributed by atoms with Crippen molar-refractivity contribution >= 4 is 5.91 Å². The van der Waals surface area contributed by atoms with Crippen molar-refractivity contribution in [2.24, 2.45) is 5.73 Å². The van der Waals surface area contributed by atoms with Crippen LogP contribution in [0.5, 0.6) is 0 Å². The molecule has 0 fully saturated rings. The van der Waals surface area contributed by atoms with E-state index < -0.39 is 12.3 Å². The third kappa shape index (κ3) is 5.87. The Bertz CT molecular complexity index is 165. The summed E-state index contributed by atoms with van der Waals surface area (Å²) in [5.41, 5.74) is 5.58. The van der Waals surface area contributed by atoms with E-state index in [0.717, 1.165) is 0 Å². The van der Waals surface area contributed by atoms with Gasteiger partial charge in [0, 0.05) is 13.5 Å². The van der Waals surface area contributed by atoms with Crippen LogP contribution in [0.3, 0.4) is 0 Å². The molecule has 0 aromatic rings. The summed E-state index contributed by atoms with van der Waals surface area (Å²) in [6, 6.07) is -0.427. The van der Waals surface area contributed by atoms with Gasteiger partial charge in [0.25, 0.3) is 0 Å². The van der Waals surface area contributed by atoms with Crippen LogP contribution in [-0.4, -0.2) is 48.2 Å². The number of nitrogens with one attached hydrogen (secondary N) is 1. The second-order valence-electron chi connectivity index (χ2n) is 2.88. The summed E-state index contributed by atoms with van der Waals surface area (Å²) >= 11 is 0. The number of aliphatic hydroxyl groups is 2. The van der Waals surface area contributed by atoms with Gasteiger partial charge < -0.3 is 26.0 Å². The predicted molar refractivity (Wildman–Crippen MR) is 50.3 cm³/mol. The summed E-state index contributed by atoms with van der Waals surface area (Å²) in [7, 11) is 0. The predicted octanol–water partition coefficient (Wildman–Crippen LogP) is -1.83. The lowest BCUT2D eigenvalue weighted by Crippen LogP contribution is -2.49. The van der Waals surface area contributed by atoms with Gasteiger partial charge in [-0.3, -0.25) is 4.79 Å². The van der Waals surface area contributed by atoms with Crippen LogP contribution < -0.4 is 11.1 Å². The van der Waals surface area contributed by atoms with Crippen LogP contribution in [0, 0.1) is 0 Å². The van der Waals surface area contributed by atoms with Crippen LogP contribution in [0.2, 0.25) is 0 Å². The van der Waals surface area contributed by atoms with Crippen LogP contribution in [0.25, 0.3) is 0 Å². The molecule has 6 heteroatoms. The average Bonchev–Trinajstić information content (AvgIpc) is 2.13. The molecule has 0 aromatic carbocycles. The van der Waals surface area contributed by atoms with Crippen molar-refractivity contribution in [2.45, 2.75) is 25.6 Å². The molecule has 5 N–H and O–H groups in total. The van der Waals surface area contributed by atoms with Gasteiger partial charge in [0.1, 0.15) is 6.23 Å². The van der Waals surface area contributed by atoms with Gasteiger partial charge >= 0.3 is 0 Å². The van der Waals surface area contributed by atoms with E-state index >= 15 is 0 Å². The second kappa shape index (κ2) is 7.69. The van der Waals surface area contributed by atoms with Gasteiger partial charge in [-0.05, 0) is 6.42 Å². The first-order valence-corrected chi connectivity index (χ1v) is 4.47. The molecule has 6 nitrogen and oxygen atoms in total. The fourth-order valence-electron chi connectivity index (χ4n) is 1.02. The summed E-state index contributed by atoms with van der Waals surface area (Å²) in [5.74, 6) is -0.230. The maximum absolute atomic E-state index is 10.8. The van der Waals surface area contributed by atoms with E-state index in [1.165, 1.54) is 6.92 Å². The standard InChI is InChI=1S/C8H18N2O4/c1-6(13)10-7(2-3-11)8(9)14-5-4-12/h7-8,11-12H,2-5,9H2,1H3,(H,10,13)/t7-,8-/m1/s1. The van der Waals surface area contributed by atoms with Gasteiger partial charge in [0.15, 0.2) is 0 Å². The number of carbonyl (C=O) groups is 1. The minimum atomic E-state index is -0.710. The lowest BCUT2D eigenvalue weighted by molar-refractivity contribution is -0.121. The molecular formula is C8H18N2O4. The highest BCUT2D eigenvalue weighted by Crippen LogP contribution is 1.98. The summed E-state index contributed by atoms with van der Waals surface area (Å²) in [4.78, 5) is 10.8. The highest BCUT2D eigenvalue weighted by atomic mass is 16.5. The minimum Gasteiger partial charge on any atom is -0.396 e. The van der Waals surface area contributed by atoms with Gasteiger partial charge in [-0.25, -0.2) is 0 Å². The smallest absolute Gasteiger partial charge is 0.217 e. The number of hydrogen-bond acceptors (Lipinski definition) is 5. The van der Waals surface area contributed by atoms with Crippen molar-refractivity contribution < 1.29 is 19.7 Å². The largest absolute Gasteiger partial charge is 0.396 e. The second-order valence-corrected chi connectivity index (χ2v) is 2.88. The molecule has 14 heavy (non-hydrogen) atoms. The van der Waals surface area contributed by atoms with Gasteiger partial charge in [-0.15, -0.1) is 0 Å². The quantitative estimate of drug-likeness (QED) is 0.367. The molecule has 0 spiro atoms.